The van der Waals surface area contributed by atoms with Gasteiger partial charge in [0.2, 0.25) is 0 Å². The first kappa shape index (κ1) is 33.9. The van der Waals surface area contributed by atoms with Crippen molar-refractivity contribution < 1.29 is 0 Å². The summed E-state index contributed by atoms with van der Waals surface area (Å²) < 4.78 is 0. The first-order valence-electron chi connectivity index (χ1n) is 19.4. The minimum Gasteiger partial charge on any atom is -0.333 e. The predicted molar refractivity (Wildman–Crippen MR) is 231 cm³/mol. The molecule has 0 bridgehead atoms. The fraction of sp³-hybridized carbons (Fsp3) is 0.170. The summed E-state index contributed by atoms with van der Waals surface area (Å²) in [7, 11) is 0. The van der Waals surface area contributed by atoms with Crippen LogP contribution in [0.15, 0.2) is 182 Å². The molecule has 0 spiro atoms. The molecular formula is C53H47N. The Labute approximate surface area is 321 Å². The molecule has 0 saturated carbocycles. The molecule has 0 amide bonds. The molecule has 1 nitrogen and oxygen atoms in total. The molecular weight excluding hydrogens is 651 g/mol. The highest BCUT2D eigenvalue weighted by molar-refractivity contribution is 6.08. The van der Waals surface area contributed by atoms with Gasteiger partial charge in [0.15, 0.2) is 0 Å². The molecule has 2 unspecified atom stereocenters. The second-order valence-electron chi connectivity index (χ2n) is 16.5. The van der Waals surface area contributed by atoms with E-state index in [1.807, 2.05) is 0 Å². The minimum absolute atomic E-state index is 0.0325. The molecule has 54 heavy (non-hydrogen) atoms. The highest BCUT2D eigenvalue weighted by Gasteiger charge is 2.37. The van der Waals surface area contributed by atoms with Crippen molar-refractivity contribution in [2.45, 2.75) is 57.4 Å². The molecule has 1 heteroatoms. The van der Waals surface area contributed by atoms with E-state index in [1.165, 1.54) is 77.8 Å². The highest BCUT2D eigenvalue weighted by atomic mass is 15.2. The number of fused-ring (bicyclic) bond motifs is 4. The van der Waals surface area contributed by atoms with Crippen molar-refractivity contribution in [2.24, 2.45) is 0 Å². The minimum atomic E-state index is -0.113. The van der Waals surface area contributed by atoms with Gasteiger partial charge in [-0.25, -0.2) is 0 Å². The molecule has 0 aliphatic heterocycles. The lowest BCUT2D eigenvalue weighted by Gasteiger charge is -2.39. The van der Waals surface area contributed by atoms with Crippen LogP contribution < -0.4 is 4.90 Å². The lowest BCUT2D eigenvalue weighted by molar-refractivity contribution is 0.589. The van der Waals surface area contributed by atoms with Gasteiger partial charge in [-0.1, -0.05) is 198 Å². The lowest BCUT2D eigenvalue weighted by Crippen LogP contribution is -2.36. The SMILES string of the molecule is CC(C)(C)c1ccc(C2C=CC=CC2N(c2ccc3c(c2)C(C)(C)c2ccccc2-3)c2ccccc2-c2cccc3cccc(-c4ccccc4)c23)cc1. The Balaban J connectivity index is 1.27. The number of benzene rings is 7. The van der Waals surface area contributed by atoms with Crippen LogP contribution in [0.2, 0.25) is 0 Å². The Morgan fingerprint density at radius 1 is 0.519 bits per heavy atom. The topological polar surface area (TPSA) is 3.24 Å². The molecule has 9 rings (SSSR count). The van der Waals surface area contributed by atoms with Crippen molar-refractivity contribution in [1.29, 1.82) is 0 Å². The zero-order valence-electron chi connectivity index (χ0n) is 31.9. The molecule has 2 aliphatic carbocycles. The maximum Gasteiger partial charge on any atom is 0.0628 e. The lowest BCUT2D eigenvalue weighted by atomic mass is 9.81. The van der Waals surface area contributed by atoms with Crippen molar-refractivity contribution in [3.63, 3.8) is 0 Å². The van der Waals surface area contributed by atoms with Gasteiger partial charge in [-0.05, 0) is 84.5 Å². The second kappa shape index (κ2) is 13.2. The molecule has 0 fully saturated rings. The summed E-state index contributed by atoms with van der Waals surface area (Å²) in [5.41, 5.74) is 15.4. The van der Waals surface area contributed by atoms with Crippen LogP contribution >= 0.6 is 0 Å². The Hall–Kier alpha value is -5.92. The Kier molecular flexibility index (Phi) is 8.27. The molecule has 0 saturated heterocycles. The normalized spacial score (nSPS) is 17.0. The van der Waals surface area contributed by atoms with E-state index in [1.54, 1.807) is 0 Å². The van der Waals surface area contributed by atoms with Crippen LogP contribution in [0.5, 0.6) is 0 Å². The quantitative estimate of drug-likeness (QED) is 0.167. The van der Waals surface area contributed by atoms with Gasteiger partial charge in [-0.2, -0.15) is 0 Å². The van der Waals surface area contributed by atoms with Gasteiger partial charge in [0.25, 0.3) is 0 Å². The summed E-state index contributed by atoms with van der Waals surface area (Å²) in [6.07, 6.45) is 9.26. The highest BCUT2D eigenvalue weighted by Crippen LogP contribution is 2.51. The van der Waals surface area contributed by atoms with Crippen LogP contribution in [0.3, 0.4) is 0 Å². The van der Waals surface area contributed by atoms with Crippen LogP contribution in [-0.4, -0.2) is 6.04 Å². The van der Waals surface area contributed by atoms with Crippen LogP contribution in [-0.2, 0) is 10.8 Å². The van der Waals surface area contributed by atoms with E-state index in [9.17, 15) is 0 Å². The standard InChI is InChI=1S/C53H47N/c1-52(2,3)39-31-29-37(30-32-39)41-21-10-13-27-49(41)54(40-33-34-44-43-22-9-12-26-47(43)53(4,5)48(44)35-40)50-28-14-11-23-45(50)46-25-16-20-38-19-15-24-42(51(38)46)36-17-7-6-8-18-36/h6-35,41,49H,1-5H3. The Morgan fingerprint density at radius 2 is 1.15 bits per heavy atom. The number of anilines is 2. The van der Waals surface area contributed by atoms with E-state index < -0.39 is 0 Å². The molecule has 0 radical (unpaired) electrons. The summed E-state index contributed by atoms with van der Waals surface area (Å²) in [4.78, 5) is 2.63. The maximum atomic E-state index is 2.63. The van der Waals surface area contributed by atoms with E-state index in [0.29, 0.717) is 0 Å². The van der Waals surface area contributed by atoms with Crippen LogP contribution in [0.1, 0.15) is 62.8 Å². The van der Waals surface area contributed by atoms with Gasteiger partial charge in [0.05, 0.1) is 6.04 Å². The van der Waals surface area contributed by atoms with E-state index >= 15 is 0 Å². The van der Waals surface area contributed by atoms with Crippen molar-refractivity contribution in [3.8, 4) is 33.4 Å². The first-order valence-corrected chi connectivity index (χ1v) is 19.4. The van der Waals surface area contributed by atoms with E-state index in [-0.39, 0.29) is 22.8 Å². The summed E-state index contributed by atoms with van der Waals surface area (Å²) in [6.45, 7) is 11.6. The summed E-state index contributed by atoms with van der Waals surface area (Å²) in [6, 6.07) is 58.9. The van der Waals surface area contributed by atoms with Gasteiger partial charge in [0.1, 0.15) is 0 Å². The average Bonchev–Trinajstić information content (AvgIpc) is 3.43. The van der Waals surface area contributed by atoms with Crippen molar-refractivity contribution in [3.05, 3.63) is 204 Å². The first-order chi connectivity index (χ1) is 26.2. The number of allylic oxidation sites excluding steroid dienone is 2. The molecule has 264 valence electrons. The van der Waals surface area contributed by atoms with Gasteiger partial charge in [0, 0.05) is 28.3 Å². The van der Waals surface area contributed by atoms with E-state index in [2.05, 4.69) is 222 Å². The molecule has 2 aliphatic rings. The van der Waals surface area contributed by atoms with Gasteiger partial charge in [-0.3, -0.25) is 0 Å². The van der Waals surface area contributed by atoms with Crippen LogP contribution in [0.4, 0.5) is 11.4 Å². The summed E-state index contributed by atoms with van der Waals surface area (Å²) in [5.74, 6) is 0.142. The van der Waals surface area contributed by atoms with Crippen LogP contribution in [0.25, 0.3) is 44.2 Å². The molecule has 7 aromatic carbocycles. The van der Waals surface area contributed by atoms with Crippen molar-refractivity contribution >= 4 is 22.1 Å². The van der Waals surface area contributed by atoms with E-state index in [4.69, 9.17) is 0 Å². The third-order valence-electron chi connectivity index (χ3n) is 11.9. The molecule has 0 N–H and O–H groups in total. The third-order valence-corrected chi connectivity index (χ3v) is 11.9. The monoisotopic (exact) mass is 697 g/mol. The molecule has 0 aromatic heterocycles. The molecule has 7 aromatic rings. The number of nitrogens with zero attached hydrogens (tertiary/aromatic N) is 1. The zero-order valence-corrected chi connectivity index (χ0v) is 31.9. The van der Waals surface area contributed by atoms with Crippen LogP contribution in [0, 0.1) is 0 Å². The zero-order chi connectivity index (χ0) is 37.0. The Bertz CT molecular complexity index is 2560. The van der Waals surface area contributed by atoms with Gasteiger partial charge in [-0.15, -0.1) is 0 Å². The fourth-order valence-corrected chi connectivity index (χ4v) is 9.00. The number of rotatable bonds is 6. The van der Waals surface area contributed by atoms with Crippen molar-refractivity contribution in [2.75, 3.05) is 4.90 Å². The largest absolute Gasteiger partial charge is 0.333 e. The van der Waals surface area contributed by atoms with E-state index in [0.717, 1.165) is 0 Å². The average molecular weight is 698 g/mol. The molecule has 2 atom stereocenters. The smallest absolute Gasteiger partial charge is 0.0628 e. The maximum absolute atomic E-state index is 2.63. The predicted octanol–water partition coefficient (Wildman–Crippen LogP) is 14.2. The summed E-state index contributed by atoms with van der Waals surface area (Å²) in [5, 5.41) is 2.52. The third kappa shape index (κ3) is 5.71. The fourth-order valence-electron chi connectivity index (χ4n) is 9.00. The van der Waals surface area contributed by atoms with Crippen molar-refractivity contribution in [1.82, 2.24) is 0 Å². The van der Waals surface area contributed by atoms with Gasteiger partial charge >= 0.3 is 0 Å². The number of hydrogen-bond acceptors (Lipinski definition) is 1. The number of hydrogen-bond donors (Lipinski definition) is 0. The summed E-state index contributed by atoms with van der Waals surface area (Å²) >= 11 is 0. The second-order valence-corrected chi connectivity index (χ2v) is 16.5. The Morgan fingerprint density at radius 3 is 1.91 bits per heavy atom. The van der Waals surface area contributed by atoms with Gasteiger partial charge < -0.3 is 4.90 Å². The molecule has 0 heterocycles. The number of para-hydroxylation sites is 1.